The van der Waals surface area contributed by atoms with Gasteiger partial charge in [-0.05, 0) is 45.4 Å². The quantitative estimate of drug-likeness (QED) is 0.672. The lowest BCUT2D eigenvalue weighted by atomic mass is 10.2. The van der Waals surface area contributed by atoms with Crippen molar-refractivity contribution in [2.45, 2.75) is 71.1 Å². The number of aromatic nitrogens is 2. The van der Waals surface area contributed by atoms with Crippen molar-refractivity contribution < 1.29 is 17.9 Å². The van der Waals surface area contributed by atoms with E-state index < -0.39 is 10.0 Å². The molecule has 0 saturated carbocycles. The molecule has 1 atom stereocenters. The summed E-state index contributed by atoms with van der Waals surface area (Å²) >= 11 is 0. The van der Waals surface area contributed by atoms with Crippen molar-refractivity contribution in [2.24, 2.45) is 5.92 Å². The predicted molar refractivity (Wildman–Crippen MR) is 95.9 cm³/mol. The molecule has 25 heavy (non-hydrogen) atoms. The summed E-state index contributed by atoms with van der Waals surface area (Å²) in [6.07, 6.45) is 3.60. The maximum absolute atomic E-state index is 12.6. The normalized spacial score (nSPS) is 18.8. The SMILES string of the molecule is Cc1nn(CC(C)C)c(C)c1S(=O)(=O)NCCCO[C@@H]1CCCCO1. The van der Waals surface area contributed by atoms with Gasteiger partial charge >= 0.3 is 0 Å². The van der Waals surface area contributed by atoms with Gasteiger partial charge in [-0.25, -0.2) is 13.1 Å². The molecular weight excluding hydrogens is 342 g/mol. The van der Waals surface area contributed by atoms with Gasteiger partial charge in [-0.3, -0.25) is 4.68 Å². The standard InChI is InChI=1S/C17H31N3O4S/c1-13(2)12-20-15(4)17(14(3)19-20)25(21,22)18-9-7-11-24-16-8-5-6-10-23-16/h13,16,18H,5-12H2,1-4H3/t16-/m1/s1. The summed E-state index contributed by atoms with van der Waals surface area (Å²) in [7, 11) is -3.56. The molecule has 1 N–H and O–H groups in total. The molecule has 0 radical (unpaired) electrons. The molecule has 0 aliphatic carbocycles. The van der Waals surface area contributed by atoms with Crippen molar-refractivity contribution in [1.29, 1.82) is 0 Å². The summed E-state index contributed by atoms with van der Waals surface area (Å²) < 4.78 is 40.8. The fourth-order valence-electron chi connectivity index (χ4n) is 3.00. The lowest BCUT2D eigenvalue weighted by Gasteiger charge is -2.22. The summed E-state index contributed by atoms with van der Waals surface area (Å²) in [5, 5.41) is 4.38. The Morgan fingerprint density at radius 1 is 1.36 bits per heavy atom. The number of ether oxygens (including phenoxy) is 2. The van der Waals surface area contributed by atoms with Crippen molar-refractivity contribution in [2.75, 3.05) is 19.8 Å². The van der Waals surface area contributed by atoms with Crippen molar-refractivity contribution in [3.8, 4) is 0 Å². The first-order chi connectivity index (χ1) is 11.8. The molecule has 0 bridgehead atoms. The van der Waals surface area contributed by atoms with Crippen LogP contribution < -0.4 is 4.72 Å². The Morgan fingerprint density at radius 3 is 2.76 bits per heavy atom. The van der Waals surface area contributed by atoms with Crippen LogP contribution in [0.4, 0.5) is 0 Å². The van der Waals surface area contributed by atoms with Crippen LogP contribution in [-0.2, 0) is 26.0 Å². The highest BCUT2D eigenvalue weighted by Gasteiger charge is 2.24. The van der Waals surface area contributed by atoms with Crippen LogP contribution in [0.2, 0.25) is 0 Å². The third-order valence-corrected chi connectivity index (χ3v) is 5.89. The van der Waals surface area contributed by atoms with Crippen LogP contribution >= 0.6 is 0 Å². The fourth-order valence-corrected chi connectivity index (χ4v) is 4.48. The van der Waals surface area contributed by atoms with E-state index in [2.05, 4.69) is 23.7 Å². The number of aryl methyl sites for hydroxylation is 1. The molecule has 2 rings (SSSR count). The van der Waals surface area contributed by atoms with Crippen molar-refractivity contribution in [1.82, 2.24) is 14.5 Å². The van der Waals surface area contributed by atoms with Gasteiger partial charge in [-0.1, -0.05) is 13.8 Å². The van der Waals surface area contributed by atoms with Crippen LogP contribution in [0.3, 0.4) is 0 Å². The van der Waals surface area contributed by atoms with Crippen LogP contribution in [0.5, 0.6) is 0 Å². The summed E-state index contributed by atoms with van der Waals surface area (Å²) in [4.78, 5) is 0.296. The highest BCUT2D eigenvalue weighted by molar-refractivity contribution is 7.89. The molecule has 0 unspecified atom stereocenters. The number of nitrogens with zero attached hydrogens (tertiary/aromatic N) is 2. The van der Waals surface area contributed by atoms with Gasteiger partial charge in [0.2, 0.25) is 10.0 Å². The highest BCUT2D eigenvalue weighted by Crippen LogP contribution is 2.20. The molecule has 1 saturated heterocycles. The van der Waals surface area contributed by atoms with E-state index in [1.54, 1.807) is 18.5 Å². The van der Waals surface area contributed by atoms with E-state index in [1.165, 1.54) is 0 Å². The molecule has 8 heteroatoms. The molecular formula is C17H31N3O4S. The topological polar surface area (TPSA) is 82.5 Å². The third-order valence-electron chi connectivity index (χ3n) is 4.18. The minimum atomic E-state index is -3.56. The second-order valence-corrected chi connectivity index (χ2v) is 8.70. The monoisotopic (exact) mass is 373 g/mol. The number of hydrogen-bond donors (Lipinski definition) is 1. The number of rotatable bonds is 9. The second kappa shape index (κ2) is 9.12. The lowest BCUT2D eigenvalue weighted by molar-refractivity contribution is -0.162. The Morgan fingerprint density at radius 2 is 2.12 bits per heavy atom. The van der Waals surface area contributed by atoms with E-state index in [1.807, 2.05) is 0 Å². The Labute approximate surface area is 151 Å². The maximum atomic E-state index is 12.6. The van der Waals surface area contributed by atoms with Gasteiger partial charge in [0.25, 0.3) is 0 Å². The van der Waals surface area contributed by atoms with E-state index in [4.69, 9.17) is 9.47 Å². The molecule has 1 aromatic heterocycles. The molecule has 1 fully saturated rings. The number of nitrogens with one attached hydrogen (secondary N) is 1. The molecule has 2 heterocycles. The molecule has 7 nitrogen and oxygen atoms in total. The first-order valence-corrected chi connectivity index (χ1v) is 10.6. The molecule has 1 aliphatic heterocycles. The van der Waals surface area contributed by atoms with Gasteiger partial charge in [-0.2, -0.15) is 5.10 Å². The Hall–Kier alpha value is -0.960. The van der Waals surface area contributed by atoms with Crippen molar-refractivity contribution >= 4 is 10.0 Å². The van der Waals surface area contributed by atoms with E-state index in [9.17, 15) is 8.42 Å². The average Bonchev–Trinajstić information content (AvgIpc) is 2.81. The Bertz CT molecular complexity index is 649. The molecule has 1 aromatic rings. The van der Waals surface area contributed by atoms with Gasteiger partial charge < -0.3 is 9.47 Å². The summed E-state index contributed by atoms with van der Waals surface area (Å²) in [6.45, 7) is 9.98. The van der Waals surface area contributed by atoms with E-state index in [0.717, 1.165) is 25.9 Å². The molecule has 144 valence electrons. The maximum Gasteiger partial charge on any atom is 0.244 e. The number of hydrogen-bond acceptors (Lipinski definition) is 5. The first-order valence-electron chi connectivity index (χ1n) is 9.08. The fraction of sp³-hybridized carbons (Fsp3) is 0.824. The molecule has 0 spiro atoms. The number of sulfonamides is 1. The van der Waals surface area contributed by atoms with Gasteiger partial charge in [0, 0.05) is 19.7 Å². The molecule has 1 aliphatic rings. The van der Waals surface area contributed by atoms with Crippen molar-refractivity contribution in [3.63, 3.8) is 0 Å². The van der Waals surface area contributed by atoms with E-state index in [-0.39, 0.29) is 6.29 Å². The summed E-state index contributed by atoms with van der Waals surface area (Å²) in [6, 6.07) is 0. The van der Waals surface area contributed by atoms with Gasteiger partial charge in [0.1, 0.15) is 4.90 Å². The smallest absolute Gasteiger partial charge is 0.244 e. The van der Waals surface area contributed by atoms with Gasteiger partial charge in [-0.15, -0.1) is 0 Å². The summed E-state index contributed by atoms with van der Waals surface area (Å²) in [5.74, 6) is 0.403. The Balaban J connectivity index is 1.85. The van der Waals surface area contributed by atoms with E-state index in [0.29, 0.717) is 48.3 Å². The van der Waals surface area contributed by atoms with Gasteiger partial charge in [0.15, 0.2) is 6.29 Å². The van der Waals surface area contributed by atoms with Crippen LogP contribution in [0, 0.1) is 19.8 Å². The highest BCUT2D eigenvalue weighted by atomic mass is 32.2. The minimum Gasteiger partial charge on any atom is -0.353 e. The minimum absolute atomic E-state index is 0.135. The predicted octanol–water partition coefficient (Wildman–Crippen LogP) is 2.37. The van der Waals surface area contributed by atoms with Crippen LogP contribution in [0.25, 0.3) is 0 Å². The zero-order valence-corrected chi connectivity index (χ0v) is 16.6. The van der Waals surface area contributed by atoms with Gasteiger partial charge in [0.05, 0.1) is 18.0 Å². The second-order valence-electron chi connectivity index (χ2n) is 6.99. The average molecular weight is 374 g/mol. The Kier molecular flexibility index (Phi) is 7.42. The first kappa shape index (κ1) is 20.4. The third kappa shape index (κ3) is 5.77. The largest absolute Gasteiger partial charge is 0.353 e. The zero-order valence-electron chi connectivity index (χ0n) is 15.7. The molecule has 0 aromatic carbocycles. The van der Waals surface area contributed by atoms with Crippen LogP contribution in [0.1, 0.15) is 50.9 Å². The zero-order chi connectivity index (χ0) is 18.4. The van der Waals surface area contributed by atoms with Crippen molar-refractivity contribution in [3.05, 3.63) is 11.4 Å². The van der Waals surface area contributed by atoms with E-state index >= 15 is 0 Å². The molecule has 0 amide bonds. The summed E-state index contributed by atoms with van der Waals surface area (Å²) in [5.41, 5.74) is 1.23. The van der Waals surface area contributed by atoms with Crippen LogP contribution in [0.15, 0.2) is 4.90 Å². The van der Waals surface area contributed by atoms with Crippen LogP contribution in [-0.4, -0.2) is 44.2 Å². The lowest BCUT2D eigenvalue weighted by Crippen LogP contribution is -2.28.